The number of nitrogens with one attached hydrogen (secondary N) is 1. The zero-order valence-corrected chi connectivity index (χ0v) is 16.0. The van der Waals surface area contributed by atoms with E-state index < -0.39 is 15.8 Å². The zero-order chi connectivity index (χ0) is 15.6. The molecule has 1 heterocycles. The van der Waals surface area contributed by atoms with Crippen molar-refractivity contribution in [1.82, 2.24) is 9.62 Å². The summed E-state index contributed by atoms with van der Waals surface area (Å²) < 4.78 is 40.2. The second kappa shape index (κ2) is 8.26. The summed E-state index contributed by atoms with van der Waals surface area (Å²) in [6.45, 7) is 1.79. The predicted octanol–water partition coefficient (Wildman–Crippen LogP) is 3.28. The van der Waals surface area contributed by atoms with E-state index in [1.807, 2.05) is 7.05 Å². The van der Waals surface area contributed by atoms with E-state index in [9.17, 15) is 12.8 Å². The Morgan fingerprint density at radius 2 is 2.00 bits per heavy atom. The quantitative estimate of drug-likeness (QED) is 0.789. The van der Waals surface area contributed by atoms with Crippen LogP contribution in [-0.2, 0) is 10.0 Å². The van der Waals surface area contributed by atoms with Gasteiger partial charge < -0.3 is 5.32 Å². The lowest BCUT2D eigenvalue weighted by atomic mass is 9.98. The van der Waals surface area contributed by atoms with Crippen molar-refractivity contribution in [1.29, 1.82) is 0 Å². The fourth-order valence-electron chi connectivity index (χ4n) is 2.55. The highest BCUT2D eigenvalue weighted by atomic mass is 79.9. The van der Waals surface area contributed by atoms with Gasteiger partial charge in [0.15, 0.2) is 0 Å². The topological polar surface area (TPSA) is 49.4 Å². The Kier molecular flexibility index (Phi) is 7.56. The van der Waals surface area contributed by atoms with Gasteiger partial charge in [-0.05, 0) is 60.4 Å². The molecular weight excluding hydrogens is 418 g/mol. The first kappa shape index (κ1) is 20.1. The van der Waals surface area contributed by atoms with Crippen molar-refractivity contribution in [3.63, 3.8) is 0 Å². The van der Waals surface area contributed by atoms with Crippen LogP contribution in [0.4, 0.5) is 4.39 Å². The number of hydrogen-bond donors (Lipinski definition) is 1. The minimum atomic E-state index is -3.71. The summed E-state index contributed by atoms with van der Waals surface area (Å²) in [4.78, 5) is -0.0577. The molecule has 1 saturated heterocycles. The first-order chi connectivity index (χ1) is 9.86. The van der Waals surface area contributed by atoms with E-state index in [0.717, 1.165) is 31.5 Å². The number of halogens is 4. The summed E-state index contributed by atoms with van der Waals surface area (Å²) in [5.74, 6) is -0.0906. The Labute approximate surface area is 150 Å². The molecule has 0 radical (unpaired) electrons. The predicted molar refractivity (Wildman–Crippen MR) is 91.8 cm³/mol. The van der Waals surface area contributed by atoms with Gasteiger partial charge in [-0.2, -0.15) is 4.31 Å². The standard InChI is InChI=1S/C13H17BrClFN2O2S.ClH/c1-17-8-9-2-4-18(5-3-9)21(19,20)13-11(14)6-10(16)7-12(13)15;/h6-7,9,17H,2-5,8H2,1H3;1H. The van der Waals surface area contributed by atoms with Gasteiger partial charge in [-0.1, -0.05) is 11.6 Å². The molecular formula is C13H18BrCl2FN2O2S. The molecule has 1 aliphatic heterocycles. The summed E-state index contributed by atoms with van der Waals surface area (Å²) >= 11 is 9.03. The van der Waals surface area contributed by atoms with Gasteiger partial charge in [-0.25, -0.2) is 12.8 Å². The van der Waals surface area contributed by atoms with Crippen LogP contribution in [0.2, 0.25) is 5.02 Å². The van der Waals surface area contributed by atoms with Gasteiger partial charge in [0.2, 0.25) is 10.0 Å². The monoisotopic (exact) mass is 434 g/mol. The molecule has 0 aliphatic carbocycles. The van der Waals surface area contributed by atoms with Crippen molar-refractivity contribution in [2.45, 2.75) is 17.7 Å². The number of nitrogens with zero attached hydrogens (tertiary/aromatic N) is 1. The van der Waals surface area contributed by atoms with Gasteiger partial charge in [0, 0.05) is 17.6 Å². The van der Waals surface area contributed by atoms with Gasteiger partial charge in [-0.3, -0.25) is 0 Å². The second-order valence-corrected chi connectivity index (χ2v) is 8.24. The van der Waals surface area contributed by atoms with E-state index in [1.165, 1.54) is 4.31 Å². The van der Waals surface area contributed by atoms with Gasteiger partial charge in [0.25, 0.3) is 0 Å². The van der Waals surface area contributed by atoms with Crippen molar-refractivity contribution < 1.29 is 12.8 Å². The van der Waals surface area contributed by atoms with E-state index >= 15 is 0 Å². The Bertz CT molecular complexity index is 599. The molecule has 1 fully saturated rings. The number of sulfonamides is 1. The zero-order valence-electron chi connectivity index (χ0n) is 12.0. The van der Waals surface area contributed by atoms with Crippen LogP contribution in [0, 0.1) is 11.7 Å². The number of benzene rings is 1. The van der Waals surface area contributed by atoms with Gasteiger partial charge in [0.1, 0.15) is 10.7 Å². The van der Waals surface area contributed by atoms with Gasteiger partial charge >= 0.3 is 0 Å². The van der Waals surface area contributed by atoms with Crippen molar-refractivity contribution in [2.24, 2.45) is 5.92 Å². The summed E-state index contributed by atoms with van der Waals surface area (Å²) in [6.07, 6.45) is 1.60. The molecule has 0 amide bonds. The molecule has 4 nitrogen and oxygen atoms in total. The largest absolute Gasteiger partial charge is 0.319 e. The third kappa shape index (κ3) is 4.33. The maximum Gasteiger partial charge on any atom is 0.245 e. The first-order valence-corrected chi connectivity index (χ1v) is 9.26. The lowest BCUT2D eigenvalue weighted by molar-refractivity contribution is 0.270. The van der Waals surface area contributed by atoms with Crippen LogP contribution >= 0.6 is 39.9 Å². The average Bonchev–Trinajstić information content (AvgIpc) is 2.38. The van der Waals surface area contributed by atoms with Crippen molar-refractivity contribution in [2.75, 3.05) is 26.7 Å². The highest BCUT2D eigenvalue weighted by molar-refractivity contribution is 9.10. The van der Waals surface area contributed by atoms with Gasteiger partial charge in [0.05, 0.1) is 5.02 Å². The third-order valence-corrected chi connectivity index (χ3v) is 6.93. The molecule has 1 N–H and O–H groups in total. The maximum atomic E-state index is 13.2. The van der Waals surface area contributed by atoms with Crippen LogP contribution in [0.25, 0.3) is 0 Å². The summed E-state index contributed by atoms with van der Waals surface area (Å²) in [6, 6.07) is 2.14. The smallest absolute Gasteiger partial charge is 0.245 e. The second-order valence-electron chi connectivity index (χ2n) is 5.10. The Hall–Kier alpha value is 0.0800. The fraction of sp³-hybridized carbons (Fsp3) is 0.538. The fourth-order valence-corrected chi connectivity index (χ4v) is 5.77. The van der Waals surface area contributed by atoms with E-state index in [4.69, 9.17) is 11.6 Å². The molecule has 0 aromatic heterocycles. The Morgan fingerprint density at radius 1 is 1.41 bits per heavy atom. The normalized spacial score (nSPS) is 17.3. The number of piperidine rings is 1. The van der Waals surface area contributed by atoms with Crippen molar-refractivity contribution in [3.8, 4) is 0 Å². The van der Waals surface area contributed by atoms with E-state index in [2.05, 4.69) is 21.2 Å². The lowest BCUT2D eigenvalue weighted by Crippen LogP contribution is -2.40. The van der Waals surface area contributed by atoms with Crippen LogP contribution in [-0.4, -0.2) is 39.4 Å². The van der Waals surface area contributed by atoms with Crippen LogP contribution in [0.1, 0.15) is 12.8 Å². The molecule has 0 saturated carbocycles. The van der Waals surface area contributed by atoms with Crippen molar-refractivity contribution in [3.05, 3.63) is 27.4 Å². The van der Waals surface area contributed by atoms with E-state index in [1.54, 1.807) is 0 Å². The Morgan fingerprint density at radius 3 is 2.50 bits per heavy atom. The van der Waals surface area contributed by atoms with Crippen molar-refractivity contribution >= 4 is 50.0 Å². The minimum Gasteiger partial charge on any atom is -0.319 e. The molecule has 9 heteroatoms. The number of hydrogen-bond acceptors (Lipinski definition) is 3. The van der Waals surface area contributed by atoms with Gasteiger partial charge in [-0.15, -0.1) is 12.4 Å². The summed E-state index contributed by atoms with van der Waals surface area (Å²) in [7, 11) is -1.82. The van der Waals surface area contributed by atoms with E-state index in [0.29, 0.717) is 19.0 Å². The molecule has 1 aromatic rings. The molecule has 2 rings (SSSR count). The van der Waals surface area contributed by atoms with Crippen LogP contribution in [0.3, 0.4) is 0 Å². The van der Waals surface area contributed by atoms with Crippen LogP contribution in [0.15, 0.2) is 21.5 Å². The third-order valence-electron chi connectivity index (χ3n) is 3.63. The SMILES string of the molecule is CNCC1CCN(S(=O)(=O)c2c(Cl)cc(F)cc2Br)CC1.Cl. The molecule has 0 bridgehead atoms. The first-order valence-electron chi connectivity index (χ1n) is 6.65. The molecule has 1 aliphatic rings. The maximum absolute atomic E-state index is 13.2. The summed E-state index contributed by atoms with van der Waals surface area (Å²) in [5, 5.41) is 3.01. The lowest BCUT2D eigenvalue weighted by Gasteiger charge is -2.31. The summed E-state index contributed by atoms with van der Waals surface area (Å²) in [5.41, 5.74) is 0. The molecule has 126 valence electrons. The highest BCUT2D eigenvalue weighted by Crippen LogP contribution is 2.34. The van der Waals surface area contributed by atoms with Crippen LogP contribution < -0.4 is 5.32 Å². The minimum absolute atomic E-state index is 0. The molecule has 1 aromatic carbocycles. The van der Waals surface area contributed by atoms with Crippen LogP contribution in [0.5, 0.6) is 0 Å². The average molecular weight is 436 g/mol. The molecule has 22 heavy (non-hydrogen) atoms. The molecule has 0 spiro atoms. The Balaban J connectivity index is 0.00000242. The van der Waals surface area contributed by atoms with E-state index in [-0.39, 0.29) is 26.8 Å². The molecule has 0 unspecified atom stereocenters. The highest BCUT2D eigenvalue weighted by Gasteiger charge is 2.32. The number of rotatable bonds is 4. The molecule has 0 atom stereocenters.